The molecule has 122 valence electrons. The van der Waals surface area contributed by atoms with Crippen molar-refractivity contribution in [3.05, 3.63) is 50.6 Å². The predicted octanol–water partition coefficient (Wildman–Crippen LogP) is 5.19. The van der Waals surface area contributed by atoms with E-state index in [4.69, 9.17) is 27.9 Å². The maximum absolute atomic E-state index is 12.8. The van der Waals surface area contributed by atoms with Gasteiger partial charge in [0.05, 0.1) is 11.1 Å². The molecule has 1 aliphatic heterocycles. The highest BCUT2D eigenvalue weighted by molar-refractivity contribution is 7.10. The monoisotopic (exact) mass is 369 g/mol. The molecule has 23 heavy (non-hydrogen) atoms. The third-order valence-corrected chi connectivity index (χ3v) is 5.46. The lowest BCUT2D eigenvalue weighted by atomic mass is 10.2. The van der Waals surface area contributed by atoms with Gasteiger partial charge in [-0.2, -0.15) is 0 Å². The second-order valence-electron chi connectivity index (χ2n) is 5.54. The van der Waals surface area contributed by atoms with Gasteiger partial charge in [-0.05, 0) is 49.4 Å². The number of hydrogen-bond donors (Lipinski definition) is 0. The normalized spacial score (nSPS) is 18.9. The number of ether oxygens (including phenoxy) is 1. The van der Waals surface area contributed by atoms with E-state index in [0.29, 0.717) is 15.8 Å². The standard InChI is InChI=1S/C17H17Cl2NO2S/c1-11(22-15-7-6-12(18)10-13(15)19)17(21)20-8-2-4-14(20)16-5-3-9-23-16/h3,5-7,9-11,14H,2,4,8H2,1H3. The van der Waals surface area contributed by atoms with Crippen LogP contribution in [0, 0.1) is 0 Å². The predicted molar refractivity (Wildman–Crippen MR) is 94.6 cm³/mol. The van der Waals surface area contributed by atoms with E-state index in [1.807, 2.05) is 16.3 Å². The molecule has 2 aromatic rings. The van der Waals surface area contributed by atoms with Crippen molar-refractivity contribution in [3.8, 4) is 5.75 Å². The zero-order chi connectivity index (χ0) is 16.4. The molecule has 1 saturated heterocycles. The number of rotatable bonds is 4. The zero-order valence-corrected chi connectivity index (χ0v) is 15.0. The van der Waals surface area contributed by atoms with E-state index in [9.17, 15) is 4.79 Å². The quantitative estimate of drug-likeness (QED) is 0.742. The van der Waals surface area contributed by atoms with Crippen LogP contribution in [0.2, 0.25) is 10.0 Å². The topological polar surface area (TPSA) is 29.5 Å². The maximum atomic E-state index is 12.8. The summed E-state index contributed by atoms with van der Waals surface area (Å²) in [5.74, 6) is 0.468. The second-order valence-corrected chi connectivity index (χ2v) is 7.36. The SMILES string of the molecule is CC(Oc1ccc(Cl)cc1Cl)C(=O)N1CCCC1c1cccs1. The molecule has 1 fully saturated rings. The number of hydrogen-bond acceptors (Lipinski definition) is 3. The first-order valence-electron chi connectivity index (χ1n) is 7.52. The second kappa shape index (κ2) is 7.12. The molecule has 0 saturated carbocycles. The van der Waals surface area contributed by atoms with Gasteiger partial charge in [0, 0.05) is 16.4 Å². The highest BCUT2D eigenvalue weighted by Gasteiger charge is 2.33. The number of carbonyl (C=O) groups excluding carboxylic acids is 1. The van der Waals surface area contributed by atoms with Crippen LogP contribution in [-0.2, 0) is 4.79 Å². The Morgan fingerprint density at radius 1 is 1.39 bits per heavy atom. The van der Waals surface area contributed by atoms with Crippen LogP contribution < -0.4 is 4.74 Å². The van der Waals surface area contributed by atoms with Gasteiger partial charge in [-0.15, -0.1) is 11.3 Å². The molecule has 1 aromatic heterocycles. The number of halogens is 2. The molecular formula is C17H17Cl2NO2S. The Morgan fingerprint density at radius 3 is 2.91 bits per heavy atom. The molecular weight excluding hydrogens is 353 g/mol. The van der Waals surface area contributed by atoms with Crippen LogP contribution in [-0.4, -0.2) is 23.5 Å². The first-order valence-corrected chi connectivity index (χ1v) is 9.15. The third kappa shape index (κ3) is 3.65. The lowest BCUT2D eigenvalue weighted by Gasteiger charge is -2.27. The Hall–Kier alpha value is -1.23. The molecule has 1 aromatic carbocycles. The number of amides is 1. The van der Waals surface area contributed by atoms with E-state index in [1.165, 1.54) is 4.88 Å². The molecule has 6 heteroatoms. The summed E-state index contributed by atoms with van der Waals surface area (Å²) in [6.45, 7) is 2.53. The van der Waals surface area contributed by atoms with Crippen molar-refractivity contribution in [2.75, 3.05) is 6.54 Å². The average molecular weight is 370 g/mol. The van der Waals surface area contributed by atoms with Gasteiger partial charge in [0.2, 0.25) is 0 Å². The molecule has 1 amide bonds. The smallest absolute Gasteiger partial charge is 0.263 e. The van der Waals surface area contributed by atoms with Crippen LogP contribution in [0.5, 0.6) is 5.75 Å². The summed E-state index contributed by atoms with van der Waals surface area (Å²) in [5, 5.41) is 3.00. The largest absolute Gasteiger partial charge is 0.479 e. The number of nitrogens with zero attached hydrogens (tertiary/aromatic N) is 1. The molecule has 0 spiro atoms. The molecule has 2 unspecified atom stereocenters. The highest BCUT2D eigenvalue weighted by Crippen LogP contribution is 2.35. The molecule has 2 heterocycles. The minimum atomic E-state index is -0.589. The van der Waals surface area contributed by atoms with E-state index in [2.05, 4.69) is 6.07 Å². The maximum Gasteiger partial charge on any atom is 0.263 e. The van der Waals surface area contributed by atoms with E-state index in [-0.39, 0.29) is 11.9 Å². The first kappa shape index (κ1) is 16.6. The van der Waals surface area contributed by atoms with Gasteiger partial charge in [0.25, 0.3) is 5.91 Å². The van der Waals surface area contributed by atoms with Gasteiger partial charge in [-0.1, -0.05) is 29.3 Å². The Kier molecular flexibility index (Phi) is 5.14. The van der Waals surface area contributed by atoms with E-state index < -0.39 is 6.10 Å². The van der Waals surface area contributed by atoms with Crippen molar-refractivity contribution in [3.63, 3.8) is 0 Å². The summed E-state index contributed by atoms with van der Waals surface area (Å²) in [6.07, 6.45) is 1.43. The fourth-order valence-electron chi connectivity index (χ4n) is 2.85. The van der Waals surface area contributed by atoms with Crippen LogP contribution in [0.1, 0.15) is 30.7 Å². The van der Waals surface area contributed by atoms with E-state index >= 15 is 0 Å². The molecule has 0 radical (unpaired) electrons. The Bertz CT molecular complexity index is 690. The van der Waals surface area contributed by atoms with Gasteiger partial charge in [0.15, 0.2) is 6.10 Å². The lowest BCUT2D eigenvalue weighted by Crippen LogP contribution is -2.39. The van der Waals surface area contributed by atoms with Gasteiger partial charge < -0.3 is 9.64 Å². The minimum absolute atomic E-state index is 0.00748. The Labute approximate surface area is 149 Å². The molecule has 3 nitrogen and oxygen atoms in total. The van der Waals surface area contributed by atoms with Crippen molar-refractivity contribution in [1.82, 2.24) is 4.90 Å². The van der Waals surface area contributed by atoms with Crippen LogP contribution in [0.3, 0.4) is 0 Å². The highest BCUT2D eigenvalue weighted by atomic mass is 35.5. The van der Waals surface area contributed by atoms with Crippen LogP contribution in [0.4, 0.5) is 0 Å². The van der Waals surface area contributed by atoms with Gasteiger partial charge >= 0.3 is 0 Å². The minimum Gasteiger partial charge on any atom is -0.479 e. The van der Waals surface area contributed by atoms with Crippen molar-refractivity contribution in [2.24, 2.45) is 0 Å². The number of carbonyl (C=O) groups is 1. The fourth-order valence-corrected chi connectivity index (χ4v) is 4.18. The van der Waals surface area contributed by atoms with E-state index in [1.54, 1.807) is 36.5 Å². The molecule has 0 aliphatic carbocycles. The van der Waals surface area contributed by atoms with Crippen molar-refractivity contribution < 1.29 is 9.53 Å². The first-order chi connectivity index (χ1) is 11.1. The average Bonchev–Trinajstić information content (AvgIpc) is 3.19. The van der Waals surface area contributed by atoms with Crippen LogP contribution >= 0.6 is 34.5 Å². The number of thiophene rings is 1. The van der Waals surface area contributed by atoms with Gasteiger partial charge in [-0.25, -0.2) is 0 Å². The summed E-state index contributed by atoms with van der Waals surface area (Å²) in [6, 6.07) is 9.27. The molecule has 3 rings (SSSR count). The Morgan fingerprint density at radius 2 is 2.22 bits per heavy atom. The van der Waals surface area contributed by atoms with Crippen LogP contribution in [0.15, 0.2) is 35.7 Å². The van der Waals surface area contributed by atoms with E-state index in [0.717, 1.165) is 19.4 Å². The fraction of sp³-hybridized carbons (Fsp3) is 0.353. The lowest BCUT2D eigenvalue weighted by molar-refractivity contribution is -0.138. The molecule has 1 aliphatic rings. The van der Waals surface area contributed by atoms with Crippen molar-refractivity contribution in [2.45, 2.75) is 31.9 Å². The van der Waals surface area contributed by atoms with Gasteiger partial charge in [0.1, 0.15) is 5.75 Å². The van der Waals surface area contributed by atoms with Crippen LogP contribution in [0.25, 0.3) is 0 Å². The van der Waals surface area contributed by atoms with Gasteiger partial charge in [-0.3, -0.25) is 4.79 Å². The molecule has 0 N–H and O–H groups in total. The van der Waals surface area contributed by atoms with Crippen molar-refractivity contribution >= 4 is 40.4 Å². The summed E-state index contributed by atoms with van der Waals surface area (Å²) in [7, 11) is 0. The summed E-state index contributed by atoms with van der Waals surface area (Å²) in [4.78, 5) is 15.9. The Balaban J connectivity index is 1.71. The van der Waals surface area contributed by atoms with Crippen molar-refractivity contribution in [1.29, 1.82) is 0 Å². The summed E-state index contributed by atoms with van der Waals surface area (Å²) in [5.41, 5.74) is 0. The molecule has 2 atom stereocenters. The molecule has 0 bridgehead atoms. The number of benzene rings is 1. The summed E-state index contributed by atoms with van der Waals surface area (Å²) >= 11 is 13.7. The third-order valence-electron chi connectivity index (χ3n) is 3.95. The zero-order valence-electron chi connectivity index (χ0n) is 12.7. The number of likely N-dealkylation sites (tertiary alicyclic amines) is 1. The summed E-state index contributed by atoms with van der Waals surface area (Å²) < 4.78 is 5.76.